The largest absolute Gasteiger partial charge is 0.320 e. The third-order valence-electron chi connectivity index (χ3n) is 2.39. The lowest BCUT2D eigenvalue weighted by Gasteiger charge is -2.04. The number of nitrogens with zero attached hydrogens (tertiary/aromatic N) is 3. The summed E-state index contributed by atoms with van der Waals surface area (Å²) in [6.45, 7) is 0. The van der Waals surface area contributed by atoms with Gasteiger partial charge in [-0.25, -0.2) is 4.98 Å². The molecule has 1 amide bonds. The Hall–Kier alpha value is -1.83. The molecule has 3 rings (SSSR count). The molecule has 0 spiro atoms. The molecule has 8 heteroatoms. The van der Waals surface area contributed by atoms with Crippen LogP contribution in [0, 0.1) is 0 Å². The number of rotatable bonds is 3. The Kier molecular flexibility index (Phi) is 3.72. The molecule has 100 valence electrons. The normalized spacial score (nSPS) is 10.4. The van der Waals surface area contributed by atoms with E-state index in [0.717, 1.165) is 21.9 Å². The number of anilines is 1. The van der Waals surface area contributed by atoms with E-state index in [-0.39, 0.29) is 15.4 Å². The molecule has 2 aromatic heterocycles. The van der Waals surface area contributed by atoms with Crippen LogP contribution in [0.2, 0.25) is 4.47 Å². The minimum absolute atomic E-state index is 0.231. The molecular formula is C12H7ClN4OS2. The maximum Gasteiger partial charge on any atom is 0.286 e. The number of hydrogen-bond donors (Lipinski definition) is 1. The summed E-state index contributed by atoms with van der Waals surface area (Å²) < 4.78 is 0.242. The van der Waals surface area contributed by atoms with Gasteiger partial charge in [0.25, 0.3) is 5.91 Å². The molecule has 0 aliphatic heterocycles. The number of benzene rings is 1. The second-order valence-corrected chi connectivity index (χ2v) is 6.19. The van der Waals surface area contributed by atoms with E-state index < -0.39 is 0 Å². The van der Waals surface area contributed by atoms with E-state index in [1.807, 2.05) is 23.6 Å². The second kappa shape index (κ2) is 5.66. The number of aromatic nitrogens is 3. The monoisotopic (exact) mass is 322 g/mol. The van der Waals surface area contributed by atoms with Gasteiger partial charge in [-0.2, -0.15) is 0 Å². The predicted octanol–water partition coefficient (Wildman–Crippen LogP) is 3.57. The van der Waals surface area contributed by atoms with Gasteiger partial charge in [0.05, 0.1) is 0 Å². The molecule has 5 nitrogen and oxygen atoms in total. The van der Waals surface area contributed by atoms with Gasteiger partial charge in [-0.1, -0.05) is 23.5 Å². The number of carbonyl (C=O) groups excluding carboxylic acids is 1. The van der Waals surface area contributed by atoms with Crippen molar-refractivity contribution in [3.8, 4) is 10.6 Å². The number of thiazole rings is 1. The molecule has 0 unspecified atom stereocenters. The van der Waals surface area contributed by atoms with Crippen LogP contribution in [-0.4, -0.2) is 21.1 Å². The van der Waals surface area contributed by atoms with Gasteiger partial charge < -0.3 is 5.32 Å². The fraction of sp³-hybridized carbons (Fsp3) is 0. The fourth-order valence-corrected chi connectivity index (χ4v) is 2.94. The van der Waals surface area contributed by atoms with Crippen molar-refractivity contribution in [3.05, 3.63) is 45.3 Å². The average Bonchev–Trinajstić information content (AvgIpc) is 3.10. The van der Waals surface area contributed by atoms with Crippen LogP contribution in [0.5, 0.6) is 0 Å². The average molecular weight is 323 g/mol. The highest BCUT2D eigenvalue weighted by Gasteiger charge is 2.12. The Balaban J connectivity index is 1.81. The zero-order chi connectivity index (χ0) is 13.9. The zero-order valence-corrected chi connectivity index (χ0v) is 12.3. The van der Waals surface area contributed by atoms with Crippen molar-refractivity contribution in [2.45, 2.75) is 0 Å². The first-order valence-electron chi connectivity index (χ1n) is 5.52. The highest BCUT2D eigenvalue weighted by Crippen LogP contribution is 2.25. The first-order valence-corrected chi connectivity index (χ1v) is 7.60. The number of nitrogens with one attached hydrogen (secondary N) is 1. The van der Waals surface area contributed by atoms with Gasteiger partial charge in [-0.3, -0.25) is 4.79 Å². The molecule has 20 heavy (non-hydrogen) atoms. The van der Waals surface area contributed by atoms with Crippen LogP contribution in [0.4, 0.5) is 5.69 Å². The van der Waals surface area contributed by atoms with Crippen LogP contribution in [0.1, 0.15) is 9.80 Å². The standard InChI is InChI=1S/C12H7ClN4OS2/c13-12-17-16-11(20-12)9(18)15-8-3-1-2-7(6-8)10-14-4-5-19-10/h1-6H,(H,15,18). The summed E-state index contributed by atoms with van der Waals surface area (Å²) in [6.07, 6.45) is 1.74. The van der Waals surface area contributed by atoms with Gasteiger partial charge in [0, 0.05) is 22.8 Å². The van der Waals surface area contributed by atoms with Crippen LogP contribution >= 0.6 is 34.3 Å². The lowest BCUT2D eigenvalue weighted by molar-refractivity contribution is 0.102. The SMILES string of the molecule is O=C(Nc1cccc(-c2nccs2)c1)c1nnc(Cl)s1. The minimum Gasteiger partial charge on any atom is -0.320 e. The second-order valence-electron chi connectivity index (χ2n) is 3.73. The lowest BCUT2D eigenvalue weighted by Crippen LogP contribution is -2.11. The van der Waals surface area contributed by atoms with Crippen LogP contribution in [-0.2, 0) is 0 Å². The molecule has 0 saturated carbocycles. The maximum atomic E-state index is 12.0. The molecule has 0 bridgehead atoms. The highest BCUT2D eigenvalue weighted by atomic mass is 35.5. The molecule has 0 aliphatic carbocycles. The van der Waals surface area contributed by atoms with Gasteiger partial charge in [-0.15, -0.1) is 21.5 Å². The molecule has 0 fully saturated rings. The number of amides is 1. The maximum absolute atomic E-state index is 12.0. The predicted molar refractivity (Wildman–Crippen MR) is 80.4 cm³/mol. The summed E-state index contributed by atoms with van der Waals surface area (Å²) in [6, 6.07) is 7.47. The molecule has 3 aromatic rings. The fourth-order valence-electron chi connectivity index (χ4n) is 1.58. The Labute approximate surface area is 127 Å². The van der Waals surface area contributed by atoms with Crippen molar-refractivity contribution in [2.75, 3.05) is 5.32 Å². The lowest BCUT2D eigenvalue weighted by atomic mass is 10.2. The van der Waals surface area contributed by atoms with E-state index in [0.29, 0.717) is 5.69 Å². The van der Waals surface area contributed by atoms with Crippen molar-refractivity contribution in [2.24, 2.45) is 0 Å². The summed E-state index contributed by atoms with van der Waals surface area (Å²) in [7, 11) is 0. The number of carbonyl (C=O) groups is 1. The van der Waals surface area contributed by atoms with Crippen molar-refractivity contribution in [1.82, 2.24) is 15.2 Å². The Morgan fingerprint density at radius 1 is 1.30 bits per heavy atom. The van der Waals surface area contributed by atoms with E-state index >= 15 is 0 Å². The summed E-state index contributed by atoms with van der Waals surface area (Å²) in [5, 5.41) is 13.1. The van der Waals surface area contributed by atoms with Crippen LogP contribution in [0.25, 0.3) is 10.6 Å². The smallest absolute Gasteiger partial charge is 0.286 e. The Bertz CT molecular complexity index is 742. The molecule has 0 radical (unpaired) electrons. The molecule has 1 N–H and O–H groups in total. The highest BCUT2D eigenvalue weighted by molar-refractivity contribution is 7.17. The van der Waals surface area contributed by atoms with E-state index in [9.17, 15) is 4.79 Å². The van der Waals surface area contributed by atoms with Crippen molar-refractivity contribution in [1.29, 1.82) is 0 Å². The first-order chi connectivity index (χ1) is 9.72. The summed E-state index contributed by atoms with van der Waals surface area (Å²) in [5.41, 5.74) is 1.63. The van der Waals surface area contributed by atoms with Gasteiger partial charge in [0.2, 0.25) is 9.47 Å². The van der Waals surface area contributed by atoms with Gasteiger partial charge in [0.1, 0.15) is 5.01 Å². The van der Waals surface area contributed by atoms with E-state index in [1.165, 1.54) is 0 Å². The van der Waals surface area contributed by atoms with Crippen LogP contribution in [0.15, 0.2) is 35.8 Å². The van der Waals surface area contributed by atoms with E-state index in [2.05, 4.69) is 20.5 Å². The molecule has 0 atom stereocenters. The molecule has 0 saturated heterocycles. The number of hydrogen-bond acceptors (Lipinski definition) is 6. The quantitative estimate of drug-likeness (QED) is 0.800. The Morgan fingerprint density at radius 2 is 2.20 bits per heavy atom. The molecule has 1 aromatic carbocycles. The topological polar surface area (TPSA) is 67.8 Å². The van der Waals surface area contributed by atoms with E-state index in [4.69, 9.17) is 11.6 Å². The molecule has 0 aliphatic rings. The van der Waals surface area contributed by atoms with Crippen molar-refractivity contribution in [3.63, 3.8) is 0 Å². The minimum atomic E-state index is -0.328. The summed E-state index contributed by atoms with van der Waals surface area (Å²) in [5.74, 6) is -0.328. The van der Waals surface area contributed by atoms with Gasteiger partial charge >= 0.3 is 0 Å². The van der Waals surface area contributed by atoms with Crippen molar-refractivity contribution >= 4 is 45.9 Å². The Morgan fingerprint density at radius 3 is 2.90 bits per heavy atom. The van der Waals surface area contributed by atoms with Crippen molar-refractivity contribution < 1.29 is 4.79 Å². The zero-order valence-electron chi connectivity index (χ0n) is 9.91. The first kappa shape index (κ1) is 13.2. The van der Waals surface area contributed by atoms with Crippen LogP contribution in [0.3, 0.4) is 0 Å². The summed E-state index contributed by atoms with van der Waals surface area (Å²) >= 11 is 8.24. The third kappa shape index (κ3) is 2.84. The molecule has 2 heterocycles. The van der Waals surface area contributed by atoms with Crippen LogP contribution < -0.4 is 5.32 Å². The number of halogens is 1. The summed E-state index contributed by atoms with van der Waals surface area (Å²) in [4.78, 5) is 16.2. The third-order valence-corrected chi connectivity index (χ3v) is 4.23. The molecular weight excluding hydrogens is 316 g/mol. The van der Waals surface area contributed by atoms with Gasteiger partial charge in [-0.05, 0) is 23.7 Å². The van der Waals surface area contributed by atoms with Gasteiger partial charge in [0.15, 0.2) is 0 Å². The van der Waals surface area contributed by atoms with E-state index in [1.54, 1.807) is 23.6 Å².